The van der Waals surface area contributed by atoms with Gasteiger partial charge >= 0.3 is 0 Å². The first-order valence-corrected chi connectivity index (χ1v) is 12.9. The minimum absolute atomic E-state index is 0.0316. The Morgan fingerprint density at radius 2 is 0.925 bits per heavy atom. The van der Waals surface area contributed by atoms with Gasteiger partial charge in [0.05, 0.1) is 54.7 Å². The Labute approximate surface area is 241 Å². The summed E-state index contributed by atoms with van der Waals surface area (Å²) < 4.78 is 67.3. The lowest BCUT2D eigenvalue weighted by molar-refractivity contribution is 1.16. The summed E-state index contributed by atoms with van der Waals surface area (Å²) in [6.07, 6.45) is 0. The fourth-order valence-electron chi connectivity index (χ4n) is 5.78. The number of fused-ring (bicyclic) bond motifs is 6. The Bertz CT molecular complexity index is 2570. The van der Waals surface area contributed by atoms with E-state index in [0.29, 0.717) is 22.1 Å². The van der Waals surface area contributed by atoms with Crippen molar-refractivity contribution in [2.75, 3.05) is 0 Å². The van der Waals surface area contributed by atoms with Crippen molar-refractivity contribution in [1.82, 2.24) is 9.13 Å². The molecule has 0 aliphatic carbocycles. The molecule has 0 amide bonds. The van der Waals surface area contributed by atoms with Crippen LogP contribution in [0, 0.1) is 11.3 Å². The summed E-state index contributed by atoms with van der Waals surface area (Å²) in [5, 5.41) is 13.6. The van der Waals surface area contributed by atoms with Crippen molar-refractivity contribution >= 4 is 43.6 Å². The van der Waals surface area contributed by atoms with Crippen molar-refractivity contribution in [3.8, 4) is 28.6 Å². The van der Waals surface area contributed by atoms with Gasteiger partial charge in [0, 0.05) is 32.7 Å². The zero-order valence-electron chi connectivity index (χ0n) is 28.1. The fraction of sp³-hybridized carbons (Fsp3) is 0. The molecule has 3 nitrogen and oxygen atoms in total. The molecule has 40 heavy (non-hydrogen) atoms. The van der Waals surface area contributed by atoms with Gasteiger partial charge in [0.2, 0.25) is 0 Å². The lowest BCUT2D eigenvalue weighted by atomic mass is 9.99. The van der Waals surface area contributed by atoms with Crippen LogP contribution in [0.15, 0.2) is 139 Å². The highest BCUT2D eigenvalue weighted by Crippen LogP contribution is 2.40. The van der Waals surface area contributed by atoms with Crippen molar-refractivity contribution in [2.45, 2.75) is 0 Å². The summed E-state index contributed by atoms with van der Waals surface area (Å²) in [7, 11) is 0. The average Bonchev–Trinajstić information content (AvgIpc) is 3.60. The predicted octanol–water partition coefficient (Wildman–Crippen LogP) is 9.42. The molecule has 0 unspecified atom stereocenters. The van der Waals surface area contributed by atoms with E-state index in [1.54, 1.807) is 9.13 Å². The van der Waals surface area contributed by atoms with Gasteiger partial charge < -0.3 is 9.13 Å². The van der Waals surface area contributed by atoms with E-state index in [9.17, 15) is 10.7 Å². The highest BCUT2D eigenvalue weighted by Gasteiger charge is 2.20. The first kappa shape index (κ1) is 16.4. The van der Waals surface area contributed by atoms with Crippen LogP contribution >= 0.6 is 0 Å². The van der Waals surface area contributed by atoms with Crippen LogP contribution in [-0.4, -0.2) is 9.13 Å². The van der Waals surface area contributed by atoms with Crippen LogP contribution in [0.25, 0.3) is 66.1 Å². The molecule has 0 fully saturated rings. The maximum absolute atomic E-state index is 10.1. The smallest absolute Gasteiger partial charge is 0.0992 e. The number of nitrogens with zero attached hydrogens (tertiary/aromatic N) is 3. The number of aromatic nitrogens is 2. The molecule has 0 saturated carbocycles. The fourth-order valence-corrected chi connectivity index (χ4v) is 5.78. The normalized spacial score (nSPS) is 13.9. The Balaban J connectivity index is 1.65. The number of nitriles is 1. The molecule has 0 spiro atoms. The van der Waals surface area contributed by atoms with Crippen molar-refractivity contribution in [1.29, 1.82) is 5.26 Å². The Hall–Kier alpha value is -5.59. The van der Waals surface area contributed by atoms with E-state index < -0.39 is 30.2 Å². The topological polar surface area (TPSA) is 33.6 Å². The summed E-state index contributed by atoms with van der Waals surface area (Å²) in [4.78, 5) is 0. The first-order chi connectivity index (χ1) is 22.8. The highest BCUT2D eigenvalue weighted by molar-refractivity contribution is 6.11. The SMILES string of the molecule is [2H]c1c([2H])c([2H])c(-n2c3ccccc3c3ccccc32)c(-c2c([2H])c([2H])c(C#N)c([2H])c2-n2c3ccccc3c3ccccc32)c1[2H]. The van der Waals surface area contributed by atoms with Crippen molar-refractivity contribution in [3.63, 3.8) is 0 Å². The molecule has 2 aromatic heterocycles. The largest absolute Gasteiger partial charge is 0.309 e. The minimum Gasteiger partial charge on any atom is -0.309 e. The third-order valence-electron chi connectivity index (χ3n) is 7.43. The summed E-state index contributed by atoms with van der Waals surface area (Å²) in [6.45, 7) is 0. The molecule has 8 aromatic rings. The molecule has 0 bridgehead atoms. The second-order valence-corrected chi connectivity index (χ2v) is 9.55. The van der Waals surface area contributed by atoms with Gasteiger partial charge in [0.15, 0.2) is 0 Å². The van der Waals surface area contributed by atoms with Gasteiger partial charge in [0.25, 0.3) is 0 Å². The lowest BCUT2D eigenvalue weighted by Gasteiger charge is -2.18. The predicted molar refractivity (Wildman–Crippen MR) is 165 cm³/mol. The molecule has 186 valence electrons. The second kappa shape index (κ2) is 8.73. The molecular weight excluding hydrogens is 486 g/mol. The third kappa shape index (κ3) is 3.17. The van der Waals surface area contributed by atoms with Crippen LogP contribution in [0.3, 0.4) is 0 Å². The van der Waals surface area contributed by atoms with Gasteiger partial charge in [0.1, 0.15) is 0 Å². The van der Waals surface area contributed by atoms with Crippen molar-refractivity contribution in [2.24, 2.45) is 0 Å². The van der Waals surface area contributed by atoms with Crippen molar-refractivity contribution in [3.05, 3.63) is 145 Å². The van der Waals surface area contributed by atoms with Crippen molar-refractivity contribution < 1.29 is 9.60 Å². The molecular formula is C37H23N3. The molecule has 0 radical (unpaired) electrons. The van der Waals surface area contributed by atoms with Gasteiger partial charge in [-0.1, -0.05) is 97.0 Å². The Morgan fingerprint density at radius 3 is 1.43 bits per heavy atom. The number of hydrogen-bond donors (Lipinski definition) is 0. The molecule has 2 heterocycles. The van der Waals surface area contributed by atoms with Crippen LogP contribution in [0.4, 0.5) is 0 Å². The van der Waals surface area contributed by atoms with Crippen LogP contribution in [-0.2, 0) is 0 Å². The molecule has 3 heteroatoms. The monoisotopic (exact) mass is 516 g/mol. The van der Waals surface area contributed by atoms with Crippen LogP contribution in [0.2, 0.25) is 0 Å². The second-order valence-electron chi connectivity index (χ2n) is 9.55. The third-order valence-corrected chi connectivity index (χ3v) is 7.43. The maximum Gasteiger partial charge on any atom is 0.0992 e. The number of benzene rings is 6. The molecule has 0 N–H and O–H groups in total. The first-order valence-electron chi connectivity index (χ1n) is 16.4. The van der Waals surface area contributed by atoms with E-state index in [4.69, 9.17) is 4.11 Å². The Kier molecular flexibility index (Phi) is 3.58. The van der Waals surface area contributed by atoms with Gasteiger partial charge in [-0.25, -0.2) is 0 Å². The molecule has 0 saturated heterocycles. The summed E-state index contributed by atoms with van der Waals surface area (Å²) in [5.74, 6) is 0. The van der Waals surface area contributed by atoms with Gasteiger partial charge in [-0.3, -0.25) is 0 Å². The zero-order valence-corrected chi connectivity index (χ0v) is 21.1. The van der Waals surface area contributed by atoms with Gasteiger partial charge in [-0.15, -0.1) is 0 Å². The van der Waals surface area contributed by atoms with Gasteiger partial charge in [-0.2, -0.15) is 5.26 Å². The summed E-state index contributed by atoms with van der Waals surface area (Å²) in [5.41, 5.74) is 2.57. The standard InChI is InChI=1S/C37H23N3/c38-24-25-21-22-31(37(23-25)40-35-19-9-3-13-28(35)29-14-4-10-20-36(29)40)30-15-5-8-18-34(30)39-32-16-6-1-11-26(32)27-12-2-7-17-33(27)39/h1-23H/i5D,8D,15D,18D,21D,22D,23D. The van der Waals surface area contributed by atoms with E-state index in [1.807, 2.05) is 103 Å². The Morgan fingerprint density at radius 1 is 0.500 bits per heavy atom. The maximum atomic E-state index is 10.1. The quantitative estimate of drug-likeness (QED) is 0.230. The van der Waals surface area contributed by atoms with E-state index >= 15 is 0 Å². The molecule has 0 aliphatic rings. The van der Waals surface area contributed by atoms with E-state index in [0.717, 1.165) is 21.5 Å². The van der Waals surface area contributed by atoms with E-state index in [2.05, 4.69) is 0 Å². The minimum atomic E-state index is -0.510. The van der Waals surface area contributed by atoms with Gasteiger partial charge in [-0.05, 0) is 42.4 Å². The number of para-hydroxylation sites is 5. The molecule has 6 aromatic carbocycles. The van der Waals surface area contributed by atoms with Crippen LogP contribution in [0.1, 0.15) is 15.2 Å². The van der Waals surface area contributed by atoms with Crippen LogP contribution < -0.4 is 0 Å². The molecule has 0 aliphatic heterocycles. The zero-order chi connectivity index (χ0) is 32.7. The number of rotatable bonds is 3. The van der Waals surface area contributed by atoms with Crippen LogP contribution in [0.5, 0.6) is 0 Å². The summed E-state index contributed by atoms with van der Waals surface area (Å²) in [6, 6.07) is 29.3. The average molecular weight is 517 g/mol. The van der Waals surface area contributed by atoms with E-state index in [1.165, 1.54) is 0 Å². The molecule has 8 rings (SSSR count). The summed E-state index contributed by atoms with van der Waals surface area (Å²) >= 11 is 0. The van der Waals surface area contributed by atoms with E-state index in [-0.39, 0.29) is 40.1 Å². The lowest BCUT2D eigenvalue weighted by Crippen LogP contribution is -2.02. The molecule has 0 atom stereocenters. The highest BCUT2D eigenvalue weighted by atomic mass is 15.0. The number of hydrogen-bond acceptors (Lipinski definition) is 1.